The second kappa shape index (κ2) is 7.42. The normalized spacial score (nSPS) is 16.7. The molecule has 0 aliphatic carbocycles. The van der Waals surface area contributed by atoms with Gasteiger partial charge in [-0.2, -0.15) is 0 Å². The summed E-state index contributed by atoms with van der Waals surface area (Å²) in [6.07, 6.45) is 1.97. The van der Waals surface area contributed by atoms with Crippen molar-refractivity contribution in [2.45, 2.75) is 13.5 Å². The zero-order valence-electron chi connectivity index (χ0n) is 13.2. The van der Waals surface area contributed by atoms with Gasteiger partial charge >= 0.3 is 0 Å². The number of amides is 1. The fourth-order valence-corrected chi connectivity index (χ4v) is 3.06. The summed E-state index contributed by atoms with van der Waals surface area (Å²) >= 11 is 3.46. The number of carbonyl (C=O) groups is 1. The molecule has 6 heteroatoms. The lowest BCUT2D eigenvalue weighted by Crippen LogP contribution is -2.50. The molecule has 0 atom stereocenters. The Morgan fingerprint density at radius 3 is 2.52 bits per heavy atom. The van der Waals surface area contributed by atoms with Crippen molar-refractivity contribution in [1.82, 2.24) is 19.3 Å². The minimum atomic E-state index is 0.148. The quantitative estimate of drug-likeness (QED) is 0.802. The Kier molecular flexibility index (Phi) is 5.84. The number of halogens is 1. The first-order chi connectivity index (χ1) is 10.0. The van der Waals surface area contributed by atoms with Crippen LogP contribution < -0.4 is 0 Å². The third-order valence-corrected chi connectivity index (χ3v) is 4.38. The maximum atomic E-state index is 12.6. The van der Waals surface area contributed by atoms with E-state index in [1.807, 2.05) is 21.7 Å². The van der Waals surface area contributed by atoms with Crippen LogP contribution in [0.1, 0.15) is 17.4 Å². The molecule has 0 spiro atoms. The monoisotopic (exact) mass is 356 g/mol. The van der Waals surface area contributed by atoms with E-state index in [4.69, 9.17) is 0 Å². The predicted octanol–water partition coefficient (Wildman–Crippen LogP) is 1.59. The molecule has 2 heterocycles. The smallest absolute Gasteiger partial charge is 0.270 e. The molecule has 1 saturated heterocycles. The largest absolute Gasteiger partial charge is 0.343 e. The van der Waals surface area contributed by atoms with Crippen LogP contribution in [0.5, 0.6) is 0 Å². The number of piperazine rings is 1. The Morgan fingerprint density at radius 1 is 1.29 bits per heavy atom. The van der Waals surface area contributed by atoms with E-state index in [9.17, 15) is 4.79 Å². The first-order valence-electron chi connectivity index (χ1n) is 7.53. The topological polar surface area (TPSA) is 31.7 Å². The van der Waals surface area contributed by atoms with Gasteiger partial charge in [-0.25, -0.2) is 0 Å². The molecule has 1 aromatic heterocycles. The van der Waals surface area contributed by atoms with E-state index in [2.05, 4.69) is 46.7 Å². The fourth-order valence-electron chi connectivity index (χ4n) is 2.59. The highest BCUT2D eigenvalue weighted by molar-refractivity contribution is 9.10. The summed E-state index contributed by atoms with van der Waals surface area (Å²) in [5.74, 6) is 0.148. The molecule has 1 fully saturated rings. The molecule has 1 aliphatic heterocycles. The van der Waals surface area contributed by atoms with Crippen LogP contribution in [-0.2, 0) is 6.54 Å². The van der Waals surface area contributed by atoms with Crippen LogP contribution in [0.15, 0.2) is 16.7 Å². The molecule has 1 amide bonds. The van der Waals surface area contributed by atoms with Gasteiger partial charge in [0.05, 0.1) is 0 Å². The molecule has 118 valence electrons. The van der Waals surface area contributed by atoms with Crippen LogP contribution in [0.2, 0.25) is 0 Å². The second-order valence-corrected chi connectivity index (χ2v) is 6.68. The minimum Gasteiger partial charge on any atom is -0.343 e. The van der Waals surface area contributed by atoms with Crippen LogP contribution in [0.25, 0.3) is 0 Å². The lowest BCUT2D eigenvalue weighted by atomic mass is 10.2. The van der Waals surface area contributed by atoms with Crippen LogP contribution in [0.4, 0.5) is 0 Å². The average molecular weight is 357 g/mol. The summed E-state index contributed by atoms with van der Waals surface area (Å²) < 4.78 is 2.97. The van der Waals surface area contributed by atoms with E-state index in [1.165, 1.54) is 0 Å². The first kappa shape index (κ1) is 16.5. The van der Waals surface area contributed by atoms with E-state index in [1.54, 1.807) is 0 Å². The van der Waals surface area contributed by atoms with Crippen LogP contribution in [0, 0.1) is 0 Å². The zero-order chi connectivity index (χ0) is 15.4. The number of likely N-dealkylation sites (N-methyl/N-ethyl adjacent to an activating group) is 1. The SMILES string of the molecule is CCn1cc(Br)cc1C(=O)N1CCN(CCN(C)C)CC1. The molecule has 0 aromatic carbocycles. The van der Waals surface area contributed by atoms with Crippen molar-refractivity contribution >= 4 is 21.8 Å². The minimum absolute atomic E-state index is 0.148. The molecule has 0 radical (unpaired) electrons. The van der Waals surface area contributed by atoms with Crippen molar-refractivity contribution < 1.29 is 4.79 Å². The third-order valence-electron chi connectivity index (χ3n) is 3.95. The van der Waals surface area contributed by atoms with Crippen LogP contribution in [-0.4, -0.2) is 78.5 Å². The average Bonchev–Trinajstić information content (AvgIpc) is 2.86. The molecule has 1 aliphatic rings. The number of nitrogens with zero attached hydrogens (tertiary/aromatic N) is 4. The van der Waals surface area contributed by atoms with Crippen molar-refractivity contribution in [3.8, 4) is 0 Å². The molecular formula is C15H25BrN4O. The number of aryl methyl sites for hydroxylation is 1. The predicted molar refractivity (Wildman–Crippen MR) is 88.7 cm³/mol. The highest BCUT2D eigenvalue weighted by Gasteiger charge is 2.24. The first-order valence-corrected chi connectivity index (χ1v) is 8.32. The van der Waals surface area contributed by atoms with Crippen molar-refractivity contribution in [1.29, 1.82) is 0 Å². The van der Waals surface area contributed by atoms with Crippen LogP contribution in [0.3, 0.4) is 0 Å². The Labute approximate surface area is 135 Å². The maximum absolute atomic E-state index is 12.6. The van der Waals surface area contributed by atoms with Gasteiger partial charge in [-0.1, -0.05) is 0 Å². The van der Waals surface area contributed by atoms with Gasteiger partial charge in [0, 0.05) is 56.5 Å². The highest BCUT2D eigenvalue weighted by atomic mass is 79.9. The third kappa shape index (κ3) is 4.31. The number of aromatic nitrogens is 1. The Morgan fingerprint density at radius 2 is 1.95 bits per heavy atom. The summed E-state index contributed by atoms with van der Waals surface area (Å²) in [5.41, 5.74) is 0.783. The summed E-state index contributed by atoms with van der Waals surface area (Å²) in [7, 11) is 4.19. The number of hydrogen-bond acceptors (Lipinski definition) is 3. The lowest BCUT2D eigenvalue weighted by molar-refractivity contribution is 0.0619. The molecular weight excluding hydrogens is 332 g/mol. The van der Waals surface area contributed by atoms with E-state index in [-0.39, 0.29) is 5.91 Å². The van der Waals surface area contributed by atoms with E-state index < -0.39 is 0 Å². The van der Waals surface area contributed by atoms with Gasteiger partial charge in [0.2, 0.25) is 0 Å². The van der Waals surface area contributed by atoms with Crippen molar-refractivity contribution in [2.75, 3.05) is 53.4 Å². The number of rotatable bonds is 5. The molecule has 0 bridgehead atoms. The van der Waals surface area contributed by atoms with Crippen molar-refractivity contribution in [3.63, 3.8) is 0 Å². The van der Waals surface area contributed by atoms with Gasteiger partial charge in [0.1, 0.15) is 5.69 Å². The highest BCUT2D eigenvalue weighted by Crippen LogP contribution is 2.17. The second-order valence-electron chi connectivity index (χ2n) is 5.77. The summed E-state index contributed by atoms with van der Waals surface area (Å²) in [6.45, 7) is 8.59. The van der Waals surface area contributed by atoms with E-state index in [0.717, 1.165) is 56.0 Å². The molecule has 21 heavy (non-hydrogen) atoms. The van der Waals surface area contributed by atoms with Gasteiger partial charge < -0.3 is 14.4 Å². The molecule has 0 N–H and O–H groups in total. The van der Waals surface area contributed by atoms with Crippen molar-refractivity contribution in [3.05, 3.63) is 22.4 Å². The molecule has 0 unspecified atom stereocenters. The Balaban J connectivity index is 1.91. The maximum Gasteiger partial charge on any atom is 0.270 e. The standard InChI is InChI=1S/C15H25BrN4O/c1-4-19-12-13(16)11-14(19)15(21)20-9-7-18(8-10-20)6-5-17(2)3/h11-12H,4-10H2,1-3H3. The Hall–Kier alpha value is -0.850. The van der Waals surface area contributed by atoms with Crippen LogP contribution >= 0.6 is 15.9 Å². The molecule has 1 aromatic rings. The van der Waals surface area contributed by atoms with E-state index >= 15 is 0 Å². The van der Waals surface area contributed by atoms with Crippen molar-refractivity contribution in [2.24, 2.45) is 0 Å². The van der Waals surface area contributed by atoms with Gasteiger partial charge in [-0.15, -0.1) is 0 Å². The van der Waals surface area contributed by atoms with Gasteiger partial charge in [0.15, 0.2) is 0 Å². The number of carbonyl (C=O) groups excluding carboxylic acids is 1. The summed E-state index contributed by atoms with van der Waals surface area (Å²) in [6, 6.07) is 1.92. The summed E-state index contributed by atoms with van der Waals surface area (Å²) in [5, 5.41) is 0. The van der Waals surface area contributed by atoms with Gasteiger partial charge in [-0.05, 0) is 43.0 Å². The van der Waals surface area contributed by atoms with Gasteiger partial charge in [0.25, 0.3) is 5.91 Å². The summed E-state index contributed by atoms with van der Waals surface area (Å²) in [4.78, 5) is 19.2. The van der Waals surface area contributed by atoms with Gasteiger partial charge in [-0.3, -0.25) is 9.69 Å². The van der Waals surface area contributed by atoms with E-state index in [0.29, 0.717) is 0 Å². The molecule has 2 rings (SSSR count). The molecule has 5 nitrogen and oxygen atoms in total. The lowest BCUT2D eigenvalue weighted by Gasteiger charge is -2.35. The fraction of sp³-hybridized carbons (Fsp3) is 0.667. The zero-order valence-corrected chi connectivity index (χ0v) is 14.8. The molecule has 0 saturated carbocycles. The number of hydrogen-bond donors (Lipinski definition) is 0. The Bertz CT molecular complexity index is 478.